The molecule has 27 heavy (non-hydrogen) atoms. The fourth-order valence-electron chi connectivity index (χ4n) is 1.64. The largest absolute Gasteiger partial charge is 0.442 e. The van der Waals surface area contributed by atoms with Gasteiger partial charge in [-0.2, -0.15) is 5.48 Å². The van der Waals surface area contributed by atoms with Gasteiger partial charge in [0.05, 0.1) is 19.8 Å². The Balaban J connectivity index is 3.42. The number of hydrogen-bond acceptors (Lipinski definition) is 7. The SMILES string of the molecule is C=C(C)C(=O)CCCOCCOCCNC(=O)CONC(=O)OC(C)(C)C. The number of ketones is 1. The van der Waals surface area contributed by atoms with Crippen molar-refractivity contribution in [2.24, 2.45) is 0 Å². The van der Waals surface area contributed by atoms with Crippen LogP contribution in [0.3, 0.4) is 0 Å². The van der Waals surface area contributed by atoms with Crippen LogP contribution in [0.5, 0.6) is 0 Å². The van der Waals surface area contributed by atoms with Crippen LogP contribution in [0.1, 0.15) is 40.5 Å². The Morgan fingerprint density at radius 3 is 2.22 bits per heavy atom. The Morgan fingerprint density at radius 2 is 1.63 bits per heavy atom. The normalized spacial score (nSPS) is 11.0. The molecule has 9 heteroatoms. The molecule has 0 unspecified atom stereocenters. The number of hydrogen-bond donors (Lipinski definition) is 2. The molecule has 0 rings (SSSR count). The zero-order chi connectivity index (χ0) is 20.7. The summed E-state index contributed by atoms with van der Waals surface area (Å²) in [7, 11) is 0. The van der Waals surface area contributed by atoms with Gasteiger partial charge < -0.3 is 19.5 Å². The number of rotatable bonds is 14. The van der Waals surface area contributed by atoms with E-state index in [1.54, 1.807) is 27.7 Å². The fraction of sp³-hybridized carbons (Fsp3) is 0.722. The highest BCUT2D eigenvalue weighted by Gasteiger charge is 2.16. The Labute approximate surface area is 160 Å². The van der Waals surface area contributed by atoms with Gasteiger partial charge >= 0.3 is 6.09 Å². The summed E-state index contributed by atoms with van der Waals surface area (Å²) in [5.41, 5.74) is 1.94. The van der Waals surface area contributed by atoms with Crippen LogP contribution in [-0.2, 0) is 28.6 Å². The highest BCUT2D eigenvalue weighted by molar-refractivity contribution is 5.93. The van der Waals surface area contributed by atoms with E-state index in [1.165, 1.54) is 0 Å². The number of amides is 2. The van der Waals surface area contributed by atoms with Gasteiger partial charge in [0, 0.05) is 19.6 Å². The summed E-state index contributed by atoms with van der Waals surface area (Å²) >= 11 is 0. The molecule has 156 valence electrons. The number of Topliss-reactive ketones (excluding diaryl/α,β-unsaturated/α-hetero) is 1. The van der Waals surface area contributed by atoms with E-state index in [1.807, 2.05) is 5.48 Å². The number of nitrogens with one attached hydrogen (secondary N) is 2. The molecular formula is C18H32N2O7. The molecule has 0 aliphatic heterocycles. The average Bonchev–Trinajstić information content (AvgIpc) is 2.54. The van der Waals surface area contributed by atoms with E-state index < -0.39 is 17.6 Å². The molecule has 0 aliphatic carbocycles. The highest BCUT2D eigenvalue weighted by atomic mass is 16.7. The summed E-state index contributed by atoms with van der Waals surface area (Å²) in [6.45, 7) is 12.0. The smallest absolute Gasteiger partial charge is 0.431 e. The summed E-state index contributed by atoms with van der Waals surface area (Å²) in [4.78, 5) is 38.8. The second-order valence-electron chi connectivity index (χ2n) is 6.77. The van der Waals surface area contributed by atoms with E-state index >= 15 is 0 Å². The number of allylic oxidation sites excluding steroid dienone is 1. The standard InChI is InChI=1S/C18H32N2O7/c1-14(2)15(21)7-6-9-24-11-12-25-10-8-19-16(22)13-26-20-17(23)27-18(3,4)5/h1,6-13H2,2-5H3,(H,19,22)(H,20,23). The maximum Gasteiger partial charge on any atom is 0.431 e. The second-order valence-corrected chi connectivity index (χ2v) is 6.77. The van der Waals surface area contributed by atoms with Crippen LogP contribution < -0.4 is 10.8 Å². The number of carbonyl (C=O) groups is 3. The van der Waals surface area contributed by atoms with E-state index in [9.17, 15) is 14.4 Å². The van der Waals surface area contributed by atoms with Crippen LogP contribution in [0.15, 0.2) is 12.2 Å². The lowest BCUT2D eigenvalue weighted by atomic mass is 10.1. The number of ether oxygens (including phenoxy) is 3. The van der Waals surface area contributed by atoms with Gasteiger partial charge in [0.2, 0.25) is 5.91 Å². The zero-order valence-corrected chi connectivity index (χ0v) is 16.7. The van der Waals surface area contributed by atoms with Crippen molar-refractivity contribution >= 4 is 17.8 Å². The molecule has 0 saturated carbocycles. The summed E-state index contributed by atoms with van der Waals surface area (Å²) in [5.74, 6) is -0.344. The van der Waals surface area contributed by atoms with Gasteiger partial charge in [0.1, 0.15) is 5.60 Å². The summed E-state index contributed by atoms with van der Waals surface area (Å²) in [6.07, 6.45) is 0.328. The molecular weight excluding hydrogens is 356 g/mol. The maximum absolute atomic E-state index is 11.5. The van der Waals surface area contributed by atoms with E-state index in [0.717, 1.165) is 0 Å². The lowest BCUT2D eigenvalue weighted by Gasteiger charge is -2.19. The van der Waals surface area contributed by atoms with Gasteiger partial charge in [-0.3, -0.25) is 14.4 Å². The molecule has 0 saturated heterocycles. The van der Waals surface area contributed by atoms with Gasteiger partial charge in [-0.05, 0) is 39.7 Å². The van der Waals surface area contributed by atoms with Crippen LogP contribution in [0.2, 0.25) is 0 Å². The Hall–Kier alpha value is -1.97. The van der Waals surface area contributed by atoms with E-state index in [4.69, 9.17) is 19.0 Å². The molecule has 2 N–H and O–H groups in total. The fourth-order valence-corrected chi connectivity index (χ4v) is 1.64. The molecule has 0 spiro atoms. The molecule has 0 aromatic heterocycles. The van der Waals surface area contributed by atoms with Crippen molar-refractivity contribution in [1.82, 2.24) is 10.8 Å². The third-order valence-corrected chi connectivity index (χ3v) is 2.87. The van der Waals surface area contributed by atoms with Crippen molar-refractivity contribution in [1.29, 1.82) is 0 Å². The molecule has 9 nitrogen and oxygen atoms in total. The topological polar surface area (TPSA) is 112 Å². The quantitative estimate of drug-likeness (QED) is 0.263. The van der Waals surface area contributed by atoms with Gasteiger partial charge in [0.25, 0.3) is 0 Å². The summed E-state index contributed by atoms with van der Waals surface area (Å²) in [5, 5.41) is 2.57. The van der Waals surface area contributed by atoms with Crippen molar-refractivity contribution < 1.29 is 33.4 Å². The zero-order valence-electron chi connectivity index (χ0n) is 16.7. The molecule has 0 aromatic rings. The number of hydroxylamine groups is 1. The Bertz CT molecular complexity index is 487. The third kappa shape index (κ3) is 17.2. The lowest BCUT2D eigenvalue weighted by Crippen LogP contribution is -2.37. The lowest BCUT2D eigenvalue weighted by molar-refractivity contribution is -0.128. The van der Waals surface area contributed by atoms with Crippen molar-refractivity contribution in [3.05, 3.63) is 12.2 Å². The minimum absolute atomic E-state index is 0.0517. The molecule has 0 aliphatic rings. The molecule has 0 fully saturated rings. The minimum atomic E-state index is -0.761. The van der Waals surface area contributed by atoms with Crippen molar-refractivity contribution in [3.8, 4) is 0 Å². The van der Waals surface area contributed by atoms with Crippen LogP contribution in [0, 0.1) is 0 Å². The van der Waals surface area contributed by atoms with Gasteiger partial charge in [0.15, 0.2) is 12.4 Å². The first-order valence-corrected chi connectivity index (χ1v) is 8.83. The predicted molar refractivity (Wildman–Crippen MR) is 99.0 cm³/mol. The van der Waals surface area contributed by atoms with Gasteiger partial charge in [-0.1, -0.05) is 6.58 Å². The number of carbonyl (C=O) groups excluding carboxylic acids is 3. The summed E-state index contributed by atoms with van der Waals surface area (Å²) < 4.78 is 15.6. The first-order valence-electron chi connectivity index (χ1n) is 8.83. The highest BCUT2D eigenvalue weighted by Crippen LogP contribution is 2.06. The maximum atomic E-state index is 11.5. The van der Waals surface area contributed by atoms with E-state index in [2.05, 4.69) is 11.9 Å². The van der Waals surface area contributed by atoms with Gasteiger partial charge in [-0.15, -0.1) is 0 Å². The second kappa shape index (κ2) is 14.1. The molecule has 0 heterocycles. The van der Waals surface area contributed by atoms with E-state index in [0.29, 0.717) is 51.4 Å². The van der Waals surface area contributed by atoms with Gasteiger partial charge in [-0.25, -0.2) is 4.79 Å². The van der Waals surface area contributed by atoms with Crippen molar-refractivity contribution in [3.63, 3.8) is 0 Å². The van der Waals surface area contributed by atoms with Crippen molar-refractivity contribution in [2.75, 3.05) is 39.6 Å². The average molecular weight is 388 g/mol. The van der Waals surface area contributed by atoms with Crippen LogP contribution in [-0.4, -0.2) is 63.0 Å². The van der Waals surface area contributed by atoms with Crippen LogP contribution in [0.4, 0.5) is 4.79 Å². The molecule has 0 radical (unpaired) electrons. The monoisotopic (exact) mass is 388 g/mol. The summed E-state index contributed by atoms with van der Waals surface area (Å²) in [6, 6.07) is 0. The molecule has 0 bridgehead atoms. The van der Waals surface area contributed by atoms with E-state index in [-0.39, 0.29) is 12.4 Å². The first-order chi connectivity index (χ1) is 12.6. The van der Waals surface area contributed by atoms with Crippen LogP contribution >= 0.6 is 0 Å². The Morgan fingerprint density at radius 1 is 1.00 bits per heavy atom. The molecule has 2 amide bonds. The molecule has 0 atom stereocenters. The third-order valence-electron chi connectivity index (χ3n) is 2.87. The first kappa shape index (κ1) is 25.0. The Kier molecular flexibility index (Phi) is 13.1. The molecule has 0 aromatic carbocycles. The minimum Gasteiger partial charge on any atom is -0.442 e. The van der Waals surface area contributed by atoms with Crippen molar-refractivity contribution in [2.45, 2.75) is 46.1 Å². The van der Waals surface area contributed by atoms with Crippen LogP contribution in [0.25, 0.3) is 0 Å². The predicted octanol–water partition coefficient (Wildman–Crippen LogP) is 1.52.